The van der Waals surface area contributed by atoms with Gasteiger partial charge in [0.1, 0.15) is 22.5 Å². The largest absolute Gasteiger partial charge is 0.496 e. The minimum atomic E-state index is -0.664. The molecule has 0 spiro atoms. The van der Waals surface area contributed by atoms with Crippen molar-refractivity contribution in [1.29, 1.82) is 0 Å². The van der Waals surface area contributed by atoms with Gasteiger partial charge in [-0.25, -0.2) is 9.97 Å². The van der Waals surface area contributed by atoms with Gasteiger partial charge in [-0.15, -0.1) is 0 Å². The Balaban J connectivity index is 1.94. The molecule has 4 rings (SSSR count). The van der Waals surface area contributed by atoms with Gasteiger partial charge >= 0.3 is 0 Å². The van der Waals surface area contributed by atoms with Crippen molar-refractivity contribution in [2.45, 2.75) is 32.3 Å². The van der Waals surface area contributed by atoms with E-state index in [1.165, 1.54) is 0 Å². The molecular formula is C23H25Cl2N3O3. The number of piperidine rings is 1. The van der Waals surface area contributed by atoms with Crippen LogP contribution in [0, 0.1) is 6.92 Å². The highest BCUT2D eigenvalue weighted by Crippen LogP contribution is 2.44. The van der Waals surface area contributed by atoms with Crippen molar-refractivity contribution in [3.05, 3.63) is 40.1 Å². The molecule has 0 bridgehead atoms. The van der Waals surface area contributed by atoms with Crippen molar-refractivity contribution in [2.75, 3.05) is 32.2 Å². The van der Waals surface area contributed by atoms with E-state index in [1.54, 1.807) is 26.5 Å². The summed E-state index contributed by atoms with van der Waals surface area (Å²) in [7, 11) is 3.19. The van der Waals surface area contributed by atoms with E-state index < -0.39 is 5.60 Å². The molecule has 0 aliphatic carbocycles. The van der Waals surface area contributed by atoms with Crippen LogP contribution in [-0.4, -0.2) is 48.0 Å². The summed E-state index contributed by atoms with van der Waals surface area (Å²) in [6.45, 7) is 5.20. The number of nitrogens with zero attached hydrogens (tertiary/aromatic N) is 3. The fraction of sp³-hybridized carbons (Fsp3) is 0.391. The second-order valence-electron chi connectivity index (χ2n) is 8.14. The first-order chi connectivity index (χ1) is 14.7. The number of anilines is 1. The van der Waals surface area contributed by atoms with Gasteiger partial charge in [-0.1, -0.05) is 23.2 Å². The van der Waals surface area contributed by atoms with Crippen LogP contribution < -0.4 is 14.4 Å². The molecule has 0 saturated carbocycles. The number of hydrogen-bond acceptors (Lipinski definition) is 6. The normalized spacial score (nSPS) is 15.9. The molecule has 3 aromatic rings. The molecule has 1 aliphatic heterocycles. The maximum Gasteiger partial charge on any atom is 0.141 e. The average Bonchev–Trinajstić information content (AvgIpc) is 2.74. The van der Waals surface area contributed by atoms with E-state index in [1.807, 2.05) is 26.0 Å². The van der Waals surface area contributed by atoms with Gasteiger partial charge in [0.2, 0.25) is 0 Å². The van der Waals surface area contributed by atoms with Crippen molar-refractivity contribution in [2.24, 2.45) is 0 Å². The van der Waals surface area contributed by atoms with Crippen LogP contribution in [0.15, 0.2) is 24.4 Å². The molecule has 1 N–H and O–H groups in total. The lowest BCUT2D eigenvalue weighted by Gasteiger charge is -2.37. The van der Waals surface area contributed by atoms with E-state index in [0.717, 1.165) is 27.7 Å². The third-order valence-electron chi connectivity index (χ3n) is 5.94. The molecule has 2 aromatic heterocycles. The molecule has 6 nitrogen and oxygen atoms in total. The lowest BCUT2D eigenvalue weighted by atomic mass is 9.93. The highest BCUT2D eigenvalue weighted by Gasteiger charge is 2.29. The summed E-state index contributed by atoms with van der Waals surface area (Å²) in [5.74, 6) is 1.98. The number of aliphatic hydroxyl groups is 1. The first-order valence-electron chi connectivity index (χ1n) is 10.1. The van der Waals surface area contributed by atoms with Gasteiger partial charge in [-0.2, -0.15) is 0 Å². The van der Waals surface area contributed by atoms with Gasteiger partial charge in [0.25, 0.3) is 0 Å². The van der Waals surface area contributed by atoms with Crippen molar-refractivity contribution >= 4 is 39.8 Å². The van der Waals surface area contributed by atoms with E-state index in [-0.39, 0.29) is 0 Å². The SMILES string of the molecule is COc1cc(OC)c(Cl)c(-c2cc3cnc(Cl)cc3c(N3CCC(C)(O)CC3)n2)c1C. The zero-order chi connectivity index (χ0) is 22.3. The van der Waals surface area contributed by atoms with Crippen LogP contribution in [0.25, 0.3) is 22.0 Å². The number of benzene rings is 1. The minimum absolute atomic E-state index is 0.407. The monoisotopic (exact) mass is 461 g/mol. The first kappa shape index (κ1) is 21.9. The fourth-order valence-electron chi connectivity index (χ4n) is 4.04. The Bertz CT molecular complexity index is 1110. The Morgan fingerprint density at radius 1 is 1.06 bits per heavy atom. The van der Waals surface area contributed by atoms with Crippen LogP contribution in [0.4, 0.5) is 5.82 Å². The molecule has 164 valence electrons. The summed E-state index contributed by atoms with van der Waals surface area (Å²) in [6.07, 6.45) is 3.06. The predicted octanol–water partition coefficient (Wildman–Crippen LogP) is 5.28. The van der Waals surface area contributed by atoms with Crippen molar-refractivity contribution in [3.8, 4) is 22.8 Å². The second kappa shape index (κ2) is 8.34. The second-order valence-corrected chi connectivity index (χ2v) is 8.90. The van der Waals surface area contributed by atoms with Crippen LogP contribution in [0.1, 0.15) is 25.3 Å². The molecule has 0 unspecified atom stereocenters. The highest BCUT2D eigenvalue weighted by atomic mass is 35.5. The third-order valence-corrected chi connectivity index (χ3v) is 6.52. The number of pyridine rings is 2. The molecule has 1 saturated heterocycles. The van der Waals surface area contributed by atoms with Crippen LogP contribution in [0.3, 0.4) is 0 Å². The maximum absolute atomic E-state index is 10.4. The van der Waals surface area contributed by atoms with Crippen LogP contribution in [0.2, 0.25) is 10.2 Å². The number of rotatable bonds is 4. The van der Waals surface area contributed by atoms with E-state index in [0.29, 0.717) is 53.3 Å². The first-order valence-corrected chi connectivity index (χ1v) is 10.8. The summed E-state index contributed by atoms with van der Waals surface area (Å²) in [5.41, 5.74) is 1.65. The van der Waals surface area contributed by atoms with Gasteiger partial charge in [0.15, 0.2) is 0 Å². The minimum Gasteiger partial charge on any atom is -0.496 e. The third kappa shape index (κ3) is 4.12. The molecular weight excluding hydrogens is 437 g/mol. The molecule has 1 aromatic carbocycles. The smallest absolute Gasteiger partial charge is 0.141 e. The molecule has 0 atom stereocenters. The summed E-state index contributed by atoms with van der Waals surface area (Å²) in [4.78, 5) is 11.5. The van der Waals surface area contributed by atoms with Crippen molar-refractivity contribution < 1.29 is 14.6 Å². The molecule has 0 radical (unpaired) electrons. The Morgan fingerprint density at radius 3 is 2.39 bits per heavy atom. The summed E-state index contributed by atoms with van der Waals surface area (Å²) in [5, 5.41) is 13.1. The Kier molecular flexibility index (Phi) is 5.90. The van der Waals surface area contributed by atoms with E-state index in [9.17, 15) is 5.11 Å². The van der Waals surface area contributed by atoms with Crippen LogP contribution in [0.5, 0.6) is 11.5 Å². The fourth-order valence-corrected chi connectivity index (χ4v) is 4.57. The van der Waals surface area contributed by atoms with Gasteiger partial charge < -0.3 is 19.5 Å². The average molecular weight is 462 g/mol. The van der Waals surface area contributed by atoms with E-state index in [4.69, 9.17) is 37.7 Å². The van der Waals surface area contributed by atoms with Crippen LogP contribution >= 0.6 is 23.2 Å². The van der Waals surface area contributed by atoms with Crippen molar-refractivity contribution in [1.82, 2.24) is 9.97 Å². The molecule has 8 heteroatoms. The summed E-state index contributed by atoms with van der Waals surface area (Å²) < 4.78 is 11.0. The lowest BCUT2D eigenvalue weighted by Crippen LogP contribution is -2.42. The van der Waals surface area contributed by atoms with Crippen LogP contribution in [-0.2, 0) is 0 Å². The summed E-state index contributed by atoms with van der Waals surface area (Å²) in [6, 6.07) is 5.56. The highest BCUT2D eigenvalue weighted by molar-refractivity contribution is 6.35. The van der Waals surface area contributed by atoms with E-state index in [2.05, 4.69) is 9.88 Å². The van der Waals surface area contributed by atoms with Gasteiger partial charge in [-0.3, -0.25) is 0 Å². The molecule has 1 aliphatic rings. The molecule has 3 heterocycles. The number of halogens is 2. The standard InChI is InChI=1S/C23H25Cl2N3O3/c1-13-17(30-3)11-18(31-4)21(25)20(13)16-9-14-12-26-19(24)10-15(14)22(27-16)28-7-5-23(2,29)6-8-28/h9-12,29H,5-8H2,1-4H3. The molecule has 0 amide bonds. The number of aromatic nitrogens is 2. The zero-order valence-electron chi connectivity index (χ0n) is 18.0. The molecule has 1 fully saturated rings. The zero-order valence-corrected chi connectivity index (χ0v) is 19.5. The Hall–Kier alpha value is -2.28. The summed E-state index contributed by atoms with van der Waals surface area (Å²) >= 11 is 12.9. The Labute approximate surface area is 191 Å². The van der Waals surface area contributed by atoms with Gasteiger partial charge in [-0.05, 0) is 38.8 Å². The Morgan fingerprint density at radius 2 is 1.74 bits per heavy atom. The molecule has 31 heavy (non-hydrogen) atoms. The number of hydrogen-bond donors (Lipinski definition) is 1. The van der Waals surface area contributed by atoms with Gasteiger partial charge in [0.05, 0.1) is 30.5 Å². The topological polar surface area (TPSA) is 67.7 Å². The lowest BCUT2D eigenvalue weighted by molar-refractivity contribution is 0.0350. The van der Waals surface area contributed by atoms with E-state index >= 15 is 0 Å². The maximum atomic E-state index is 10.4. The quantitative estimate of drug-likeness (QED) is 0.532. The number of fused-ring (bicyclic) bond motifs is 1. The van der Waals surface area contributed by atoms with Gasteiger partial charge in [0, 0.05) is 47.3 Å². The number of methoxy groups -OCH3 is 2. The predicted molar refractivity (Wildman–Crippen MR) is 125 cm³/mol. The van der Waals surface area contributed by atoms with Crippen molar-refractivity contribution in [3.63, 3.8) is 0 Å². The number of ether oxygens (including phenoxy) is 2.